The minimum absolute atomic E-state index is 0.142. The molecule has 0 spiro atoms. The molecule has 0 heterocycles. The largest absolute Gasteiger partial charge is 0.324 e. The lowest BCUT2D eigenvalue weighted by Crippen LogP contribution is -2.52. The first-order valence-electron chi connectivity index (χ1n) is 15.0. The molecule has 0 radical (unpaired) electrons. The molecule has 0 amide bonds. The fourth-order valence-electron chi connectivity index (χ4n) is 5.77. The van der Waals surface area contributed by atoms with Crippen LogP contribution < -0.4 is 5.73 Å². The van der Waals surface area contributed by atoms with Crippen molar-refractivity contribution in [3.63, 3.8) is 0 Å². The van der Waals surface area contributed by atoms with Crippen molar-refractivity contribution in [3.8, 4) is 0 Å². The van der Waals surface area contributed by atoms with Gasteiger partial charge in [-0.2, -0.15) is 0 Å². The molecular formula is C30H59NO. The lowest BCUT2D eigenvalue weighted by molar-refractivity contribution is -0.126. The highest BCUT2D eigenvalue weighted by Gasteiger charge is 2.40. The molecule has 32 heavy (non-hydrogen) atoms. The molecular weight excluding hydrogens is 390 g/mol. The van der Waals surface area contributed by atoms with Gasteiger partial charge in [-0.25, -0.2) is 0 Å². The average Bonchev–Trinajstić information content (AvgIpc) is 2.79. The molecule has 0 bridgehead atoms. The van der Waals surface area contributed by atoms with Gasteiger partial charge in [0.1, 0.15) is 5.78 Å². The van der Waals surface area contributed by atoms with Crippen molar-refractivity contribution >= 4 is 5.78 Å². The van der Waals surface area contributed by atoms with Crippen LogP contribution in [0.3, 0.4) is 0 Å². The van der Waals surface area contributed by atoms with Crippen molar-refractivity contribution < 1.29 is 4.79 Å². The third-order valence-corrected chi connectivity index (χ3v) is 7.99. The standard InChI is InChI=1S/C30H59NO/c1-3-5-7-9-11-13-15-17-19-22-26-30(31)27-23-21-24-28(30)29(32)25-20-18-16-14-12-10-8-6-4-2/h28H,3-27,31H2,1-2H3. The summed E-state index contributed by atoms with van der Waals surface area (Å²) in [5.41, 5.74) is 6.70. The van der Waals surface area contributed by atoms with E-state index in [4.69, 9.17) is 5.73 Å². The molecule has 2 heteroatoms. The summed E-state index contributed by atoms with van der Waals surface area (Å²) in [5.74, 6) is 0.631. The molecule has 1 fully saturated rings. The number of nitrogens with two attached hydrogens (primary N) is 1. The number of rotatable bonds is 22. The van der Waals surface area contributed by atoms with Crippen LogP contribution in [0.5, 0.6) is 0 Å². The Morgan fingerprint density at radius 2 is 1.09 bits per heavy atom. The lowest BCUT2D eigenvalue weighted by Gasteiger charge is -2.41. The molecule has 190 valence electrons. The first kappa shape index (κ1) is 29.7. The van der Waals surface area contributed by atoms with Gasteiger partial charge in [0, 0.05) is 17.9 Å². The van der Waals surface area contributed by atoms with E-state index in [0.717, 1.165) is 32.1 Å². The van der Waals surface area contributed by atoms with Crippen LogP contribution in [0.15, 0.2) is 0 Å². The second-order valence-corrected chi connectivity index (χ2v) is 11.0. The smallest absolute Gasteiger partial charge is 0.137 e. The Morgan fingerprint density at radius 1 is 0.656 bits per heavy atom. The molecule has 0 aromatic heterocycles. The Labute approximate surface area is 202 Å². The highest BCUT2D eigenvalue weighted by atomic mass is 16.1. The van der Waals surface area contributed by atoms with Gasteiger partial charge in [0.25, 0.3) is 0 Å². The fraction of sp³-hybridized carbons (Fsp3) is 0.967. The van der Waals surface area contributed by atoms with Gasteiger partial charge in [-0.3, -0.25) is 4.79 Å². The van der Waals surface area contributed by atoms with E-state index in [1.807, 2.05) is 0 Å². The van der Waals surface area contributed by atoms with Crippen LogP contribution in [0.25, 0.3) is 0 Å². The van der Waals surface area contributed by atoms with Crippen LogP contribution in [-0.2, 0) is 4.79 Å². The van der Waals surface area contributed by atoms with Crippen LogP contribution in [0.1, 0.15) is 174 Å². The minimum atomic E-state index is -0.200. The van der Waals surface area contributed by atoms with E-state index in [9.17, 15) is 4.79 Å². The molecule has 2 unspecified atom stereocenters. The molecule has 0 aromatic carbocycles. The molecule has 1 rings (SSSR count). The first-order valence-corrected chi connectivity index (χ1v) is 15.0. The third kappa shape index (κ3) is 14.0. The first-order chi connectivity index (χ1) is 15.6. The van der Waals surface area contributed by atoms with Crippen molar-refractivity contribution in [2.75, 3.05) is 0 Å². The molecule has 2 nitrogen and oxygen atoms in total. The number of carbonyl (C=O) groups is 1. The zero-order chi connectivity index (χ0) is 23.3. The Kier molecular flexibility index (Phi) is 18.6. The molecule has 0 saturated heterocycles. The second-order valence-electron chi connectivity index (χ2n) is 11.0. The van der Waals surface area contributed by atoms with Gasteiger partial charge in [-0.05, 0) is 25.7 Å². The second kappa shape index (κ2) is 20.0. The van der Waals surface area contributed by atoms with Gasteiger partial charge < -0.3 is 5.73 Å². The molecule has 1 aliphatic rings. The molecule has 1 aliphatic carbocycles. The summed E-state index contributed by atoms with van der Waals surface area (Å²) in [7, 11) is 0. The Hall–Kier alpha value is -0.370. The van der Waals surface area contributed by atoms with E-state index in [0.29, 0.717) is 5.78 Å². The number of Topliss-reactive ketones (excluding diaryl/α,β-unsaturated/α-hetero) is 1. The van der Waals surface area contributed by atoms with E-state index >= 15 is 0 Å². The predicted octanol–water partition coefficient (Wildman–Crippen LogP) is 9.68. The van der Waals surface area contributed by atoms with Crippen molar-refractivity contribution in [3.05, 3.63) is 0 Å². The van der Waals surface area contributed by atoms with Gasteiger partial charge >= 0.3 is 0 Å². The molecule has 2 N–H and O–H groups in total. The Morgan fingerprint density at radius 3 is 1.59 bits per heavy atom. The SMILES string of the molecule is CCCCCCCCCCCCC1(N)CCCCC1C(=O)CCCCCCCCCCC. The van der Waals surface area contributed by atoms with Crippen molar-refractivity contribution in [2.24, 2.45) is 11.7 Å². The Balaban J connectivity index is 2.14. The molecule has 0 aliphatic heterocycles. The Bertz CT molecular complexity index is 435. The van der Waals surface area contributed by atoms with Crippen LogP contribution in [0, 0.1) is 5.92 Å². The highest BCUT2D eigenvalue weighted by molar-refractivity contribution is 5.82. The zero-order valence-electron chi connectivity index (χ0n) is 22.2. The van der Waals surface area contributed by atoms with Gasteiger partial charge in [0.2, 0.25) is 0 Å². The van der Waals surface area contributed by atoms with Gasteiger partial charge in [-0.15, -0.1) is 0 Å². The average molecular weight is 450 g/mol. The summed E-state index contributed by atoms with van der Waals surface area (Å²) in [6.45, 7) is 4.56. The molecule has 0 aromatic rings. The van der Waals surface area contributed by atoms with E-state index in [-0.39, 0.29) is 11.5 Å². The van der Waals surface area contributed by atoms with Crippen LogP contribution in [0.4, 0.5) is 0 Å². The minimum Gasteiger partial charge on any atom is -0.324 e. The van der Waals surface area contributed by atoms with Crippen LogP contribution >= 0.6 is 0 Å². The number of hydrogen-bond donors (Lipinski definition) is 1. The van der Waals surface area contributed by atoms with Gasteiger partial charge in [0.05, 0.1) is 0 Å². The van der Waals surface area contributed by atoms with E-state index in [1.165, 1.54) is 128 Å². The summed E-state index contributed by atoms with van der Waals surface area (Å²) in [6.07, 6.45) is 31.8. The van der Waals surface area contributed by atoms with Crippen LogP contribution in [-0.4, -0.2) is 11.3 Å². The normalized spacial score (nSPS) is 21.2. The van der Waals surface area contributed by atoms with E-state index < -0.39 is 0 Å². The fourth-order valence-corrected chi connectivity index (χ4v) is 5.77. The van der Waals surface area contributed by atoms with Crippen molar-refractivity contribution in [1.82, 2.24) is 0 Å². The van der Waals surface area contributed by atoms with Crippen molar-refractivity contribution in [1.29, 1.82) is 0 Å². The summed E-state index contributed by atoms with van der Waals surface area (Å²) in [6, 6.07) is 0. The number of ketones is 1. The monoisotopic (exact) mass is 449 g/mol. The molecule has 2 atom stereocenters. The van der Waals surface area contributed by atoms with E-state index in [2.05, 4.69) is 13.8 Å². The third-order valence-electron chi connectivity index (χ3n) is 7.99. The predicted molar refractivity (Wildman–Crippen MR) is 142 cm³/mol. The van der Waals surface area contributed by atoms with Crippen LogP contribution in [0.2, 0.25) is 0 Å². The summed E-state index contributed by atoms with van der Waals surface area (Å²) < 4.78 is 0. The summed E-state index contributed by atoms with van der Waals surface area (Å²) in [5, 5.41) is 0. The highest BCUT2D eigenvalue weighted by Crippen LogP contribution is 2.37. The van der Waals surface area contributed by atoms with Gasteiger partial charge in [-0.1, -0.05) is 142 Å². The summed E-state index contributed by atoms with van der Waals surface area (Å²) >= 11 is 0. The maximum atomic E-state index is 13.0. The summed E-state index contributed by atoms with van der Waals surface area (Å²) in [4.78, 5) is 13.0. The lowest BCUT2D eigenvalue weighted by atomic mass is 9.68. The number of carbonyl (C=O) groups excluding carboxylic acids is 1. The van der Waals surface area contributed by atoms with E-state index in [1.54, 1.807) is 0 Å². The number of hydrogen-bond acceptors (Lipinski definition) is 2. The number of unbranched alkanes of at least 4 members (excludes halogenated alkanes) is 17. The maximum absolute atomic E-state index is 13.0. The quantitative estimate of drug-likeness (QED) is 0.167. The van der Waals surface area contributed by atoms with Crippen molar-refractivity contribution in [2.45, 2.75) is 180 Å². The van der Waals surface area contributed by atoms with Gasteiger partial charge in [0.15, 0.2) is 0 Å². The zero-order valence-corrected chi connectivity index (χ0v) is 22.2. The maximum Gasteiger partial charge on any atom is 0.137 e. The molecule has 1 saturated carbocycles. The topological polar surface area (TPSA) is 43.1 Å².